The van der Waals surface area contributed by atoms with E-state index >= 15 is 0 Å². The van der Waals surface area contributed by atoms with Crippen molar-refractivity contribution in [2.45, 2.75) is 10.6 Å². The van der Waals surface area contributed by atoms with E-state index in [1.165, 1.54) is 19.2 Å². The van der Waals surface area contributed by atoms with Crippen LogP contribution in [0.1, 0.15) is 5.01 Å². The van der Waals surface area contributed by atoms with Crippen molar-refractivity contribution in [3.8, 4) is 17.3 Å². The van der Waals surface area contributed by atoms with Gasteiger partial charge in [0, 0.05) is 6.20 Å². The van der Waals surface area contributed by atoms with Gasteiger partial charge in [-0.2, -0.15) is 4.37 Å². The topological polar surface area (TPSA) is 82.0 Å². The molecule has 1 aromatic carbocycles. The molecule has 3 aromatic rings. The van der Waals surface area contributed by atoms with Gasteiger partial charge < -0.3 is 4.74 Å². The SMILES string of the molecule is COc1ccc(S(=O)(=O)Cc2nc(-c3ccccn3)ns2)cc1. The van der Waals surface area contributed by atoms with Gasteiger partial charge in [-0.15, -0.1) is 0 Å². The lowest BCUT2D eigenvalue weighted by Gasteiger charge is -2.03. The molecule has 0 aliphatic heterocycles. The minimum atomic E-state index is -3.48. The van der Waals surface area contributed by atoms with E-state index in [0.29, 0.717) is 22.3 Å². The van der Waals surface area contributed by atoms with E-state index in [4.69, 9.17) is 4.74 Å². The molecule has 0 atom stereocenters. The summed E-state index contributed by atoms with van der Waals surface area (Å²) in [4.78, 5) is 8.65. The molecule has 8 heteroatoms. The number of hydrogen-bond acceptors (Lipinski definition) is 7. The van der Waals surface area contributed by atoms with Crippen LogP contribution in [-0.4, -0.2) is 29.9 Å². The van der Waals surface area contributed by atoms with Crippen LogP contribution >= 0.6 is 11.5 Å². The number of hydrogen-bond donors (Lipinski definition) is 0. The van der Waals surface area contributed by atoms with E-state index in [9.17, 15) is 8.42 Å². The predicted molar refractivity (Wildman–Crippen MR) is 87.0 cm³/mol. The number of ether oxygens (including phenoxy) is 1. The number of benzene rings is 1. The van der Waals surface area contributed by atoms with Crippen LogP contribution in [0.3, 0.4) is 0 Å². The number of rotatable bonds is 5. The molecular formula is C15H13N3O3S2. The maximum atomic E-state index is 12.4. The lowest BCUT2D eigenvalue weighted by Crippen LogP contribution is -2.04. The highest BCUT2D eigenvalue weighted by Crippen LogP contribution is 2.22. The third-order valence-electron chi connectivity index (χ3n) is 3.09. The molecule has 0 spiro atoms. The van der Waals surface area contributed by atoms with Crippen molar-refractivity contribution in [1.82, 2.24) is 14.3 Å². The molecule has 0 unspecified atom stereocenters. The van der Waals surface area contributed by atoms with Crippen LogP contribution in [0.25, 0.3) is 11.5 Å². The molecule has 0 aliphatic carbocycles. The fraction of sp³-hybridized carbons (Fsp3) is 0.133. The number of aromatic nitrogens is 3. The quantitative estimate of drug-likeness (QED) is 0.705. The zero-order valence-corrected chi connectivity index (χ0v) is 13.8. The average Bonchev–Trinajstić information content (AvgIpc) is 3.03. The van der Waals surface area contributed by atoms with Crippen LogP contribution in [0.4, 0.5) is 0 Å². The normalized spacial score (nSPS) is 11.3. The van der Waals surface area contributed by atoms with Gasteiger partial charge in [-0.1, -0.05) is 6.07 Å². The van der Waals surface area contributed by atoms with E-state index in [1.54, 1.807) is 30.5 Å². The summed E-state index contributed by atoms with van der Waals surface area (Å²) < 4.78 is 34.1. The number of sulfone groups is 1. The van der Waals surface area contributed by atoms with Crippen molar-refractivity contribution >= 4 is 21.4 Å². The van der Waals surface area contributed by atoms with Crippen molar-refractivity contribution in [1.29, 1.82) is 0 Å². The third-order valence-corrected chi connectivity index (χ3v) is 5.63. The Morgan fingerprint density at radius 2 is 1.91 bits per heavy atom. The Labute approximate surface area is 137 Å². The molecule has 118 valence electrons. The van der Waals surface area contributed by atoms with Crippen molar-refractivity contribution in [3.63, 3.8) is 0 Å². The first-order chi connectivity index (χ1) is 11.1. The van der Waals surface area contributed by atoms with E-state index in [1.807, 2.05) is 6.07 Å². The molecule has 2 heterocycles. The first-order valence-corrected chi connectivity index (χ1v) is 9.12. The summed E-state index contributed by atoms with van der Waals surface area (Å²) in [6.45, 7) is 0. The summed E-state index contributed by atoms with van der Waals surface area (Å²) in [7, 11) is -1.94. The van der Waals surface area contributed by atoms with Crippen molar-refractivity contribution < 1.29 is 13.2 Å². The van der Waals surface area contributed by atoms with Gasteiger partial charge in [-0.05, 0) is 47.9 Å². The molecule has 0 amide bonds. The fourth-order valence-electron chi connectivity index (χ4n) is 1.94. The standard InChI is InChI=1S/C15H13N3O3S2/c1-21-11-5-7-12(8-6-11)23(19,20)10-14-17-15(18-22-14)13-4-2-3-9-16-13/h2-9H,10H2,1H3. The zero-order chi connectivity index (χ0) is 16.3. The van der Waals surface area contributed by atoms with Crippen molar-refractivity contribution in [2.24, 2.45) is 0 Å². The maximum Gasteiger partial charge on any atom is 0.191 e. The molecule has 23 heavy (non-hydrogen) atoms. The van der Waals surface area contributed by atoms with Gasteiger partial charge in [0.05, 0.1) is 12.0 Å². The number of nitrogens with zero attached hydrogens (tertiary/aromatic N) is 3. The zero-order valence-electron chi connectivity index (χ0n) is 12.2. The Kier molecular flexibility index (Phi) is 4.35. The van der Waals surface area contributed by atoms with Crippen LogP contribution < -0.4 is 4.74 Å². The first-order valence-electron chi connectivity index (χ1n) is 6.69. The predicted octanol–water partition coefficient (Wildman–Crippen LogP) is 2.58. The summed E-state index contributed by atoms with van der Waals surface area (Å²) in [5, 5.41) is 0.432. The van der Waals surface area contributed by atoms with Gasteiger partial charge >= 0.3 is 0 Å². The largest absolute Gasteiger partial charge is 0.497 e. The lowest BCUT2D eigenvalue weighted by molar-refractivity contribution is 0.414. The van der Waals surface area contributed by atoms with Gasteiger partial charge in [0.15, 0.2) is 15.7 Å². The Morgan fingerprint density at radius 1 is 1.13 bits per heavy atom. The Hall–Kier alpha value is -2.32. The molecule has 6 nitrogen and oxygen atoms in total. The first kappa shape index (κ1) is 15.6. The number of methoxy groups -OCH3 is 1. The second-order valence-electron chi connectivity index (χ2n) is 4.66. The van der Waals surface area contributed by atoms with Crippen molar-refractivity contribution in [3.05, 3.63) is 53.7 Å². The average molecular weight is 347 g/mol. The Balaban J connectivity index is 1.82. The second-order valence-corrected chi connectivity index (χ2v) is 7.49. The smallest absolute Gasteiger partial charge is 0.191 e. The van der Waals surface area contributed by atoms with E-state index in [2.05, 4.69) is 14.3 Å². The lowest BCUT2D eigenvalue weighted by atomic mass is 10.3. The molecule has 3 rings (SSSR count). The van der Waals surface area contributed by atoms with Crippen LogP contribution in [0.2, 0.25) is 0 Å². The minimum Gasteiger partial charge on any atom is -0.497 e. The summed E-state index contributed by atoms with van der Waals surface area (Å²) in [6, 6.07) is 11.7. The van der Waals surface area contributed by atoms with E-state index in [-0.39, 0.29) is 10.6 Å². The molecule has 0 aliphatic rings. The van der Waals surface area contributed by atoms with Gasteiger partial charge in [-0.25, -0.2) is 13.4 Å². The van der Waals surface area contributed by atoms with Gasteiger partial charge in [0.2, 0.25) is 0 Å². The molecule has 0 radical (unpaired) electrons. The monoisotopic (exact) mass is 347 g/mol. The highest BCUT2D eigenvalue weighted by Gasteiger charge is 2.19. The van der Waals surface area contributed by atoms with Gasteiger partial charge in [0.25, 0.3) is 0 Å². The summed E-state index contributed by atoms with van der Waals surface area (Å²) in [5.41, 5.74) is 0.622. The molecule has 0 bridgehead atoms. The van der Waals surface area contributed by atoms with Gasteiger partial charge in [0.1, 0.15) is 22.2 Å². The minimum absolute atomic E-state index is 0.191. The molecule has 0 fully saturated rings. The Bertz CT molecular complexity index is 891. The van der Waals surface area contributed by atoms with E-state index in [0.717, 1.165) is 11.5 Å². The maximum absolute atomic E-state index is 12.4. The fourth-order valence-corrected chi connectivity index (χ4v) is 4.18. The van der Waals surface area contributed by atoms with Crippen LogP contribution in [0.5, 0.6) is 5.75 Å². The summed E-state index contributed by atoms with van der Waals surface area (Å²) >= 11 is 1.07. The highest BCUT2D eigenvalue weighted by atomic mass is 32.2. The molecular weight excluding hydrogens is 334 g/mol. The molecule has 0 N–H and O–H groups in total. The summed E-state index contributed by atoms with van der Waals surface area (Å²) in [5.74, 6) is 0.858. The van der Waals surface area contributed by atoms with E-state index < -0.39 is 9.84 Å². The Morgan fingerprint density at radius 3 is 2.57 bits per heavy atom. The van der Waals surface area contributed by atoms with Crippen LogP contribution in [-0.2, 0) is 15.6 Å². The highest BCUT2D eigenvalue weighted by molar-refractivity contribution is 7.90. The van der Waals surface area contributed by atoms with Crippen LogP contribution in [0, 0.1) is 0 Å². The third kappa shape index (κ3) is 3.54. The van der Waals surface area contributed by atoms with Crippen molar-refractivity contribution in [2.75, 3.05) is 7.11 Å². The number of pyridine rings is 1. The summed E-state index contributed by atoms with van der Waals surface area (Å²) in [6.07, 6.45) is 1.64. The molecule has 0 saturated heterocycles. The second kappa shape index (κ2) is 6.43. The molecule has 2 aromatic heterocycles. The van der Waals surface area contributed by atoms with Crippen LogP contribution in [0.15, 0.2) is 53.6 Å². The molecule has 0 saturated carbocycles. The van der Waals surface area contributed by atoms with Gasteiger partial charge in [-0.3, -0.25) is 4.98 Å².